The van der Waals surface area contributed by atoms with E-state index in [1.54, 1.807) is 0 Å². The molecule has 120 valence electrons. The number of rotatable bonds is 3. The van der Waals surface area contributed by atoms with Crippen LogP contribution in [0.1, 0.15) is 43.7 Å². The first kappa shape index (κ1) is 14.3. The molecule has 1 saturated carbocycles. The second-order valence-electron chi connectivity index (χ2n) is 6.48. The van der Waals surface area contributed by atoms with E-state index in [0.717, 1.165) is 18.5 Å². The molecule has 2 aliphatic rings. The summed E-state index contributed by atoms with van der Waals surface area (Å²) in [5.41, 5.74) is 3.59. The molecule has 4 rings (SSSR count). The highest BCUT2D eigenvalue weighted by Crippen LogP contribution is 2.38. The van der Waals surface area contributed by atoms with Gasteiger partial charge in [0.2, 0.25) is 0 Å². The van der Waals surface area contributed by atoms with Gasteiger partial charge in [-0.3, -0.25) is 0 Å². The third-order valence-electron chi connectivity index (χ3n) is 4.99. The summed E-state index contributed by atoms with van der Waals surface area (Å²) in [4.78, 5) is 16.4. The van der Waals surface area contributed by atoms with Crippen LogP contribution in [0.25, 0.3) is 11.3 Å². The lowest BCUT2D eigenvalue weighted by Gasteiger charge is -2.23. The highest BCUT2D eigenvalue weighted by molar-refractivity contribution is 5.75. The molecule has 2 aromatic rings. The molecular formula is C18H22N4O. The van der Waals surface area contributed by atoms with E-state index in [9.17, 15) is 4.79 Å². The zero-order chi connectivity index (χ0) is 15.6. The van der Waals surface area contributed by atoms with Gasteiger partial charge >= 0.3 is 6.03 Å². The van der Waals surface area contributed by atoms with E-state index >= 15 is 0 Å². The third-order valence-corrected chi connectivity index (χ3v) is 4.99. The molecule has 2 N–H and O–H groups in total. The number of hydrogen-bond donors (Lipinski definition) is 2. The fourth-order valence-corrected chi connectivity index (χ4v) is 3.81. The number of aromatic nitrogens is 2. The Morgan fingerprint density at radius 2 is 2.04 bits per heavy atom. The molecule has 1 fully saturated rings. The van der Waals surface area contributed by atoms with Crippen LogP contribution in [-0.2, 0) is 0 Å². The Hall–Kier alpha value is -2.30. The summed E-state index contributed by atoms with van der Waals surface area (Å²) in [6.45, 7) is 0.582. The Morgan fingerprint density at radius 1 is 1.22 bits per heavy atom. The molecule has 5 heteroatoms. The SMILES string of the molecule is O=C(NC[C@H]1c2ccccc2-c2cncn21)NC1CCCCC1. The van der Waals surface area contributed by atoms with Crippen molar-refractivity contribution >= 4 is 6.03 Å². The molecule has 1 aliphatic heterocycles. The molecular weight excluding hydrogens is 288 g/mol. The first-order chi connectivity index (χ1) is 11.3. The van der Waals surface area contributed by atoms with E-state index in [1.807, 2.05) is 24.7 Å². The molecule has 2 heterocycles. The van der Waals surface area contributed by atoms with Gasteiger partial charge in [0.05, 0.1) is 24.3 Å². The van der Waals surface area contributed by atoms with Gasteiger partial charge in [-0.25, -0.2) is 9.78 Å². The fraction of sp³-hybridized carbons (Fsp3) is 0.444. The van der Waals surface area contributed by atoms with Crippen LogP contribution < -0.4 is 10.6 Å². The van der Waals surface area contributed by atoms with Crippen LogP contribution in [0.15, 0.2) is 36.8 Å². The highest BCUT2D eigenvalue weighted by Gasteiger charge is 2.28. The average Bonchev–Trinajstić information content (AvgIpc) is 3.15. The predicted molar refractivity (Wildman–Crippen MR) is 89.2 cm³/mol. The van der Waals surface area contributed by atoms with Crippen LogP contribution in [0, 0.1) is 0 Å². The summed E-state index contributed by atoms with van der Waals surface area (Å²) < 4.78 is 2.14. The molecule has 1 atom stereocenters. The Balaban J connectivity index is 1.42. The van der Waals surface area contributed by atoms with Gasteiger partial charge in [-0.2, -0.15) is 0 Å². The van der Waals surface area contributed by atoms with E-state index in [4.69, 9.17) is 0 Å². The molecule has 5 nitrogen and oxygen atoms in total. The molecule has 0 bridgehead atoms. The summed E-state index contributed by atoms with van der Waals surface area (Å²) in [7, 11) is 0. The first-order valence-corrected chi connectivity index (χ1v) is 8.48. The van der Waals surface area contributed by atoms with E-state index < -0.39 is 0 Å². The number of hydrogen-bond acceptors (Lipinski definition) is 2. The molecule has 2 amide bonds. The number of urea groups is 1. The van der Waals surface area contributed by atoms with Crippen LogP contribution in [0.5, 0.6) is 0 Å². The number of nitrogens with one attached hydrogen (secondary N) is 2. The fourth-order valence-electron chi connectivity index (χ4n) is 3.81. The second-order valence-corrected chi connectivity index (χ2v) is 6.48. The minimum atomic E-state index is -0.0528. The number of imidazole rings is 1. The number of carbonyl (C=O) groups is 1. The molecule has 0 spiro atoms. The van der Waals surface area contributed by atoms with Gasteiger partial charge in [0.25, 0.3) is 0 Å². The number of amides is 2. The first-order valence-electron chi connectivity index (χ1n) is 8.48. The lowest BCUT2D eigenvalue weighted by Crippen LogP contribution is -2.44. The van der Waals surface area contributed by atoms with Crippen LogP contribution in [0.4, 0.5) is 4.79 Å². The minimum absolute atomic E-state index is 0.0528. The number of fused-ring (bicyclic) bond motifs is 3. The van der Waals surface area contributed by atoms with Gasteiger partial charge in [-0.15, -0.1) is 0 Å². The normalized spacial score (nSPS) is 19.9. The number of benzene rings is 1. The van der Waals surface area contributed by atoms with Crippen LogP contribution >= 0.6 is 0 Å². The van der Waals surface area contributed by atoms with Crippen LogP contribution in [0.3, 0.4) is 0 Å². The van der Waals surface area contributed by atoms with Crippen molar-refractivity contribution in [3.05, 3.63) is 42.4 Å². The Labute approximate surface area is 136 Å². The maximum absolute atomic E-state index is 12.2. The number of nitrogens with zero attached hydrogens (tertiary/aromatic N) is 2. The lowest BCUT2D eigenvalue weighted by molar-refractivity contribution is 0.231. The molecule has 1 aromatic heterocycles. The van der Waals surface area contributed by atoms with E-state index in [0.29, 0.717) is 12.6 Å². The highest BCUT2D eigenvalue weighted by atomic mass is 16.2. The summed E-state index contributed by atoms with van der Waals surface area (Å²) in [6, 6.07) is 8.75. The monoisotopic (exact) mass is 310 g/mol. The van der Waals surface area contributed by atoms with Crippen molar-refractivity contribution in [2.45, 2.75) is 44.2 Å². The zero-order valence-electron chi connectivity index (χ0n) is 13.2. The van der Waals surface area contributed by atoms with E-state index in [1.165, 1.54) is 30.4 Å². The Morgan fingerprint density at radius 3 is 2.91 bits per heavy atom. The maximum Gasteiger partial charge on any atom is 0.315 e. The van der Waals surface area contributed by atoms with Crippen molar-refractivity contribution in [2.75, 3.05) is 6.54 Å². The summed E-state index contributed by atoms with van der Waals surface area (Å²) in [6.07, 6.45) is 9.68. The van der Waals surface area contributed by atoms with Crippen molar-refractivity contribution in [2.24, 2.45) is 0 Å². The Bertz CT molecular complexity index is 703. The van der Waals surface area contributed by atoms with Crippen LogP contribution in [-0.4, -0.2) is 28.2 Å². The van der Waals surface area contributed by atoms with E-state index in [2.05, 4.69) is 32.3 Å². The Kier molecular flexibility index (Phi) is 3.77. The average molecular weight is 310 g/mol. The lowest BCUT2D eigenvalue weighted by atomic mass is 9.96. The summed E-state index contributed by atoms with van der Waals surface area (Å²) in [5, 5.41) is 6.15. The second kappa shape index (κ2) is 6.07. The van der Waals surface area contributed by atoms with Crippen molar-refractivity contribution in [3.8, 4) is 11.3 Å². The molecule has 0 saturated heterocycles. The summed E-state index contributed by atoms with van der Waals surface area (Å²) >= 11 is 0. The topological polar surface area (TPSA) is 59.0 Å². The van der Waals surface area contributed by atoms with Crippen LogP contribution in [0.2, 0.25) is 0 Å². The number of carbonyl (C=O) groups excluding carboxylic acids is 1. The zero-order valence-corrected chi connectivity index (χ0v) is 13.2. The molecule has 0 unspecified atom stereocenters. The molecule has 23 heavy (non-hydrogen) atoms. The minimum Gasteiger partial charge on any atom is -0.336 e. The van der Waals surface area contributed by atoms with Crippen molar-refractivity contribution in [1.82, 2.24) is 20.2 Å². The molecule has 1 aliphatic carbocycles. The van der Waals surface area contributed by atoms with Gasteiger partial charge < -0.3 is 15.2 Å². The molecule has 1 aromatic carbocycles. The van der Waals surface area contributed by atoms with Crippen molar-refractivity contribution in [1.29, 1.82) is 0 Å². The van der Waals surface area contributed by atoms with Gasteiger partial charge in [0, 0.05) is 18.2 Å². The standard InChI is InChI=1S/C18H22N4O/c23-18(21-13-6-2-1-3-7-13)20-11-17-15-9-5-4-8-14(15)16-10-19-12-22(16)17/h4-5,8-10,12-13,17H,1-3,6-7,11H2,(H2,20,21,23)/t17-/m0/s1. The van der Waals surface area contributed by atoms with Crippen molar-refractivity contribution < 1.29 is 4.79 Å². The molecule has 0 radical (unpaired) electrons. The quantitative estimate of drug-likeness (QED) is 0.915. The summed E-state index contributed by atoms with van der Waals surface area (Å²) in [5.74, 6) is 0. The largest absolute Gasteiger partial charge is 0.336 e. The van der Waals surface area contributed by atoms with E-state index in [-0.39, 0.29) is 12.1 Å². The maximum atomic E-state index is 12.2. The van der Waals surface area contributed by atoms with Crippen molar-refractivity contribution in [3.63, 3.8) is 0 Å². The van der Waals surface area contributed by atoms with Gasteiger partial charge in [0.1, 0.15) is 0 Å². The third kappa shape index (κ3) is 2.71. The van der Waals surface area contributed by atoms with Gasteiger partial charge in [0.15, 0.2) is 0 Å². The smallest absolute Gasteiger partial charge is 0.315 e. The predicted octanol–water partition coefficient (Wildman–Crippen LogP) is 3.08. The van der Waals surface area contributed by atoms with Gasteiger partial charge in [-0.1, -0.05) is 43.5 Å². The van der Waals surface area contributed by atoms with Gasteiger partial charge in [-0.05, 0) is 18.4 Å².